The summed E-state index contributed by atoms with van der Waals surface area (Å²) in [5.41, 5.74) is 1.51. The van der Waals surface area contributed by atoms with E-state index in [1.54, 1.807) is 12.4 Å². The van der Waals surface area contributed by atoms with Crippen LogP contribution in [0.3, 0.4) is 0 Å². The van der Waals surface area contributed by atoms with Gasteiger partial charge in [-0.15, -0.1) is 0 Å². The average molecular weight is 293 g/mol. The van der Waals surface area contributed by atoms with Gasteiger partial charge in [0.15, 0.2) is 0 Å². The Balaban J connectivity index is 2.31. The Kier molecular flexibility index (Phi) is 6.14. The standard InChI is InChI=1S/C15H23N3O3/c1-11-8-12(10-16-9-11)18-14(21)17-7-6-15(2,3)5-4-13(19)20/h8-10H,4-7H2,1-3H3,(H,19,20)(H2,17,18,21). The molecule has 0 aliphatic carbocycles. The van der Waals surface area contributed by atoms with Crippen LogP contribution < -0.4 is 10.6 Å². The van der Waals surface area contributed by atoms with Gasteiger partial charge in [0.05, 0.1) is 11.9 Å². The zero-order valence-electron chi connectivity index (χ0n) is 12.8. The second-order valence-electron chi connectivity index (χ2n) is 5.94. The molecule has 0 fully saturated rings. The highest BCUT2D eigenvalue weighted by Gasteiger charge is 2.19. The minimum atomic E-state index is -0.791. The number of carboxylic acids is 1. The number of aromatic nitrogens is 1. The number of urea groups is 1. The third kappa shape index (κ3) is 7.29. The lowest BCUT2D eigenvalue weighted by Gasteiger charge is -2.23. The van der Waals surface area contributed by atoms with E-state index in [1.165, 1.54) is 0 Å². The fraction of sp³-hybridized carbons (Fsp3) is 0.533. The Morgan fingerprint density at radius 2 is 2.00 bits per heavy atom. The fourth-order valence-corrected chi connectivity index (χ4v) is 1.88. The first-order valence-corrected chi connectivity index (χ1v) is 6.97. The number of carbonyl (C=O) groups is 2. The molecule has 0 radical (unpaired) electrons. The molecule has 0 unspecified atom stereocenters. The van der Waals surface area contributed by atoms with E-state index in [4.69, 9.17) is 5.11 Å². The van der Waals surface area contributed by atoms with E-state index in [2.05, 4.69) is 15.6 Å². The maximum atomic E-state index is 11.7. The first-order chi connectivity index (χ1) is 9.78. The minimum Gasteiger partial charge on any atom is -0.481 e. The average Bonchev–Trinajstić information content (AvgIpc) is 2.36. The topological polar surface area (TPSA) is 91.3 Å². The second-order valence-corrected chi connectivity index (χ2v) is 5.94. The zero-order valence-corrected chi connectivity index (χ0v) is 12.8. The third-order valence-corrected chi connectivity index (χ3v) is 3.24. The van der Waals surface area contributed by atoms with Crippen LogP contribution >= 0.6 is 0 Å². The lowest BCUT2D eigenvalue weighted by atomic mass is 9.84. The Bertz CT molecular complexity index is 501. The van der Waals surface area contributed by atoms with Crippen molar-refractivity contribution in [3.63, 3.8) is 0 Å². The Labute approximate surface area is 125 Å². The number of anilines is 1. The van der Waals surface area contributed by atoms with E-state index >= 15 is 0 Å². The summed E-state index contributed by atoms with van der Waals surface area (Å²) in [7, 11) is 0. The molecular weight excluding hydrogens is 270 g/mol. The van der Waals surface area contributed by atoms with Gasteiger partial charge >= 0.3 is 12.0 Å². The first kappa shape index (κ1) is 16.9. The Morgan fingerprint density at radius 1 is 1.29 bits per heavy atom. The summed E-state index contributed by atoms with van der Waals surface area (Å²) < 4.78 is 0. The largest absolute Gasteiger partial charge is 0.481 e. The minimum absolute atomic E-state index is 0.115. The van der Waals surface area contributed by atoms with Crippen molar-refractivity contribution >= 4 is 17.7 Å². The van der Waals surface area contributed by atoms with E-state index in [0.717, 1.165) is 12.0 Å². The Hall–Kier alpha value is -2.11. The number of amides is 2. The number of nitrogens with zero attached hydrogens (tertiary/aromatic N) is 1. The van der Waals surface area contributed by atoms with Gasteiger partial charge in [0, 0.05) is 19.2 Å². The van der Waals surface area contributed by atoms with Crippen molar-refractivity contribution in [1.82, 2.24) is 10.3 Å². The maximum absolute atomic E-state index is 11.7. The van der Waals surface area contributed by atoms with Crippen molar-refractivity contribution in [2.45, 2.75) is 40.0 Å². The number of aryl methyl sites for hydroxylation is 1. The van der Waals surface area contributed by atoms with Gasteiger partial charge in [0.2, 0.25) is 0 Å². The van der Waals surface area contributed by atoms with E-state index < -0.39 is 5.97 Å². The SMILES string of the molecule is Cc1cncc(NC(=O)NCCC(C)(C)CCC(=O)O)c1. The van der Waals surface area contributed by atoms with E-state index in [-0.39, 0.29) is 17.9 Å². The highest BCUT2D eigenvalue weighted by atomic mass is 16.4. The molecule has 6 heteroatoms. The number of nitrogens with one attached hydrogen (secondary N) is 2. The number of pyridine rings is 1. The van der Waals surface area contributed by atoms with Gasteiger partial charge in [-0.05, 0) is 36.8 Å². The maximum Gasteiger partial charge on any atom is 0.319 e. The van der Waals surface area contributed by atoms with Crippen LogP contribution in [0.2, 0.25) is 0 Å². The van der Waals surface area contributed by atoms with Crippen molar-refractivity contribution < 1.29 is 14.7 Å². The van der Waals surface area contributed by atoms with Gasteiger partial charge in [-0.25, -0.2) is 4.79 Å². The predicted octanol–water partition coefficient (Wildman–Crippen LogP) is 2.79. The summed E-state index contributed by atoms with van der Waals surface area (Å²) in [5, 5.41) is 14.2. The number of hydrogen-bond acceptors (Lipinski definition) is 3. The van der Waals surface area contributed by atoms with Gasteiger partial charge in [0.1, 0.15) is 0 Å². The quantitative estimate of drug-likeness (QED) is 0.721. The molecule has 0 saturated heterocycles. The fourth-order valence-electron chi connectivity index (χ4n) is 1.88. The van der Waals surface area contributed by atoms with Crippen LogP contribution in [0, 0.1) is 12.3 Å². The van der Waals surface area contributed by atoms with Crippen LogP contribution in [0.15, 0.2) is 18.5 Å². The highest BCUT2D eigenvalue weighted by molar-refractivity contribution is 5.89. The molecule has 2 amide bonds. The molecule has 0 aromatic carbocycles. The molecule has 0 bridgehead atoms. The number of aliphatic carboxylic acids is 1. The highest BCUT2D eigenvalue weighted by Crippen LogP contribution is 2.25. The van der Waals surface area contributed by atoms with Gasteiger partial charge < -0.3 is 15.7 Å². The van der Waals surface area contributed by atoms with Gasteiger partial charge in [-0.1, -0.05) is 13.8 Å². The van der Waals surface area contributed by atoms with Crippen LogP contribution in [-0.4, -0.2) is 28.6 Å². The monoisotopic (exact) mass is 293 g/mol. The summed E-state index contributed by atoms with van der Waals surface area (Å²) >= 11 is 0. The molecule has 21 heavy (non-hydrogen) atoms. The lowest BCUT2D eigenvalue weighted by Crippen LogP contribution is -2.32. The smallest absolute Gasteiger partial charge is 0.319 e. The van der Waals surface area contributed by atoms with Crippen molar-refractivity contribution in [3.8, 4) is 0 Å². The Morgan fingerprint density at radius 3 is 2.62 bits per heavy atom. The molecule has 1 heterocycles. The van der Waals surface area contributed by atoms with Crippen molar-refractivity contribution in [3.05, 3.63) is 24.0 Å². The molecule has 1 aromatic rings. The molecule has 0 spiro atoms. The summed E-state index contributed by atoms with van der Waals surface area (Å²) in [4.78, 5) is 26.3. The van der Waals surface area contributed by atoms with Crippen LogP contribution in [0.1, 0.15) is 38.7 Å². The van der Waals surface area contributed by atoms with Gasteiger partial charge in [-0.3, -0.25) is 9.78 Å². The van der Waals surface area contributed by atoms with Crippen LogP contribution in [0.4, 0.5) is 10.5 Å². The van der Waals surface area contributed by atoms with E-state index in [0.29, 0.717) is 18.7 Å². The van der Waals surface area contributed by atoms with Crippen LogP contribution in [-0.2, 0) is 4.79 Å². The summed E-state index contributed by atoms with van der Waals surface area (Å²) in [5.74, 6) is -0.791. The van der Waals surface area contributed by atoms with Crippen molar-refractivity contribution in [2.24, 2.45) is 5.41 Å². The van der Waals surface area contributed by atoms with Crippen molar-refractivity contribution in [2.75, 3.05) is 11.9 Å². The molecule has 0 saturated carbocycles. The van der Waals surface area contributed by atoms with E-state index in [9.17, 15) is 9.59 Å². The molecule has 0 aliphatic heterocycles. The van der Waals surface area contributed by atoms with E-state index in [1.807, 2.05) is 26.8 Å². The lowest BCUT2D eigenvalue weighted by molar-refractivity contribution is -0.137. The van der Waals surface area contributed by atoms with Crippen LogP contribution in [0.25, 0.3) is 0 Å². The molecule has 1 aromatic heterocycles. The molecule has 0 atom stereocenters. The third-order valence-electron chi connectivity index (χ3n) is 3.24. The first-order valence-electron chi connectivity index (χ1n) is 6.97. The molecule has 0 aliphatic rings. The molecule has 116 valence electrons. The summed E-state index contributed by atoms with van der Waals surface area (Å²) in [6.07, 6.45) is 4.76. The van der Waals surface area contributed by atoms with Gasteiger partial charge in [0.25, 0.3) is 0 Å². The normalized spacial score (nSPS) is 11.0. The number of carbonyl (C=O) groups excluding carboxylic acids is 1. The van der Waals surface area contributed by atoms with Gasteiger partial charge in [-0.2, -0.15) is 0 Å². The molecule has 1 rings (SSSR count). The summed E-state index contributed by atoms with van der Waals surface area (Å²) in [6.45, 7) is 6.40. The predicted molar refractivity (Wildman–Crippen MR) is 81.3 cm³/mol. The number of hydrogen-bond donors (Lipinski definition) is 3. The molecule has 6 nitrogen and oxygen atoms in total. The number of carboxylic acid groups (broad SMARTS) is 1. The number of rotatable bonds is 7. The van der Waals surface area contributed by atoms with Crippen LogP contribution in [0.5, 0.6) is 0 Å². The molecular formula is C15H23N3O3. The zero-order chi connectivity index (χ0) is 15.9. The second kappa shape index (κ2) is 7.61. The molecule has 3 N–H and O–H groups in total. The van der Waals surface area contributed by atoms with Crippen molar-refractivity contribution in [1.29, 1.82) is 0 Å². The summed E-state index contributed by atoms with van der Waals surface area (Å²) in [6, 6.07) is 1.56.